The minimum absolute atomic E-state index is 0.0180. The lowest BCUT2D eigenvalue weighted by atomic mass is 10.3. The summed E-state index contributed by atoms with van der Waals surface area (Å²) in [5, 5.41) is 3.57. The van der Waals surface area contributed by atoms with Gasteiger partial charge >= 0.3 is 6.18 Å². The molecule has 0 aliphatic carbocycles. The van der Waals surface area contributed by atoms with Crippen LogP contribution < -0.4 is 20.5 Å². The quantitative estimate of drug-likeness (QED) is 0.393. The smallest absolute Gasteiger partial charge is 0.409 e. The zero-order chi connectivity index (χ0) is 25.9. The fraction of sp³-hybridized carbons (Fsp3) is 0.130. The molecule has 0 saturated heterocycles. The molecule has 1 aromatic heterocycles. The highest BCUT2D eigenvalue weighted by atomic mass is 35.5. The van der Waals surface area contributed by atoms with Crippen LogP contribution >= 0.6 is 11.6 Å². The standard InChI is InChI=1S/C23H16ClF5N4O3/c24-14-4-1-2-6-17(14)33-21(11-19(32-33)23(27,28)29)35-12-20(34)31-16-5-3-9-30-22(16)36-18-8-7-13(25)10-15(18)26/h1-11,19,32H,12H2,(H,31,34). The number of alkyl halides is 3. The summed E-state index contributed by atoms with van der Waals surface area (Å²) in [4.78, 5) is 16.4. The van der Waals surface area contributed by atoms with Crippen molar-refractivity contribution in [3.05, 3.63) is 89.4 Å². The first-order chi connectivity index (χ1) is 17.1. The number of hydrazine groups is 1. The molecule has 0 bridgehead atoms. The Morgan fingerprint density at radius 1 is 1.14 bits per heavy atom. The Morgan fingerprint density at radius 2 is 1.92 bits per heavy atom. The third-order valence-corrected chi connectivity index (χ3v) is 5.06. The Bertz CT molecular complexity index is 1300. The van der Waals surface area contributed by atoms with Gasteiger partial charge < -0.3 is 14.8 Å². The van der Waals surface area contributed by atoms with Gasteiger partial charge in [0, 0.05) is 18.3 Å². The van der Waals surface area contributed by atoms with Crippen LogP contribution in [-0.4, -0.2) is 29.7 Å². The summed E-state index contributed by atoms with van der Waals surface area (Å²) in [5.74, 6) is -3.40. The molecule has 4 rings (SSSR count). The molecular weight excluding hydrogens is 511 g/mol. The van der Waals surface area contributed by atoms with Gasteiger partial charge in [-0.2, -0.15) is 13.2 Å². The monoisotopic (exact) mass is 526 g/mol. The van der Waals surface area contributed by atoms with Crippen LogP contribution in [0.5, 0.6) is 11.6 Å². The molecule has 0 saturated carbocycles. The number of amides is 1. The first kappa shape index (κ1) is 25.2. The lowest BCUT2D eigenvalue weighted by molar-refractivity contribution is -0.142. The predicted molar refractivity (Wildman–Crippen MR) is 120 cm³/mol. The fourth-order valence-corrected chi connectivity index (χ4v) is 3.33. The van der Waals surface area contributed by atoms with E-state index in [-0.39, 0.29) is 33.9 Å². The number of aromatic nitrogens is 1. The van der Waals surface area contributed by atoms with E-state index >= 15 is 0 Å². The number of para-hydroxylation sites is 1. The number of nitrogens with zero attached hydrogens (tertiary/aromatic N) is 2. The van der Waals surface area contributed by atoms with E-state index in [9.17, 15) is 26.7 Å². The lowest BCUT2D eigenvalue weighted by Gasteiger charge is -2.25. The van der Waals surface area contributed by atoms with Crippen molar-refractivity contribution in [2.45, 2.75) is 12.2 Å². The number of nitrogens with one attached hydrogen (secondary N) is 2. The number of ether oxygens (including phenoxy) is 2. The number of hydrogen-bond donors (Lipinski definition) is 2. The minimum atomic E-state index is -4.63. The maximum Gasteiger partial charge on any atom is 0.409 e. The van der Waals surface area contributed by atoms with E-state index in [1.807, 2.05) is 0 Å². The number of halogens is 6. The van der Waals surface area contributed by atoms with Crippen molar-refractivity contribution in [3.63, 3.8) is 0 Å². The molecule has 7 nitrogen and oxygen atoms in total. The normalized spacial score (nSPS) is 15.4. The zero-order valence-electron chi connectivity index (χ0n) is 18.0. The third-order valence-electron chi connectivity index (χ3n) is 4.74. The van der Waals surface area contributed by atoms with Crippen LogP contribution in [0.15, 0.2) is 72.8 Å². The topological polar surface area (TPSA) is 75.7 Å². The van der Waals surface area contributed by atoms with E-state index in [0.29, 0.717) is 6.07 Å². The molecule has 3 aromatic rings. The number of anilines is 2. The van der Waals surface area contributed by atoms with Crippen molar-refractivity contribution in [2.24, 2.45) is 0 Å². The van der Waals surface area contributed by atoms with Crippen molar-refractivity contribution in [1.82, 2.24) is 10.4 Å². The molecule has 1 aliphatic heterocycles. The van der Waals surface area contributed by atoms with Crippen molar-refractivity contribution in [2.75, 3.05) is 16.9 Å². The molecule has 1 unspecified atom stereocenters. The van der Waals surface area contributed by atoms with E-state index in [1.54, 1.807) is 12.1 Å². The molecule has 1 atom stereocenters. The van der Waals surface area contributed by atoms with Crippen molar-refractivity contribution < 1.29 is 36.2 Å². The van der Waals surface area contributed by atoms with E-state index in [0.717, 1.165) is 23.2 Å². The van der Waals surface area contributed by atoms with Crippen LogP contribution in [0.4, 0.5) is 33.3 Å². The highest BCUT2D eigenvalue weighted by molar-refractivity contribution is 6.33. The number of pyridine rings is 1. The van der Waals surface area contributed by atoms with Gasteiger partial charge in [0.05, 0.1) is 10.7 Å². The molecular formula is C23H16ClF5N4O3. The van der Waals surface area contributed by atoms with E-state index in [2.05, 4.69) is 15.7 Å². The van der Waals surface area contributed by atoms with Crippen LogP contribution in [-0.2, 0) is 9.53 Å². The Kier molecular flexibility index (Phi) is 7.27. The van der Waals surface area contributed by atoms with Crippen LogP contribution in [0.3, 0.4) is 0 Å². The summed E-state index contributed by atoms with van der Waals surface area (Å²) >= 11 is 6.11. The second-order valence-electron chi connectivity index (χ2n) is 7.31. The molecule has 2 heterocycles. The van der Waals surface area contributed by atoms with Crippen LogP contribution in [0.25, 0.3) is 0 Å². The fourth-order valence-electron chi connectivity index (χ4n) is 3.11. The van der Waals surface area contributed by atoms with Gasteiger partial charge in [0.25, 0.3) is 5.91 Å². The number of rotatable bonds is 7. The van der Waals surface area contributed by atoms with Crippen molar-refractivity contribution in [1.29, 1.82) is 0 Å². The number of benzene rings is 2. The summed E-state index contributed by atoms with van der Waals surface area (Å²) in [6.45, 7) is -0.696. The third kappa shape index (κ3) is 5.83. The van der Waals surface area contributed by atoms with Gasteiger partial charge in [-0.1, -0.05) is 23.7 Å². The van der Waals surface area contributed by atoms with Gasteiger partial charge in [0.1, 0.15) is 17.5 Å². The molecule has 1 amide bonds. The summed E-state index contributed by atoms with van der Waals surface area (Å²) in [6, 6.07) is 9.56. The molecule has 13 heteroatoms. The van der Waals surface area contributed by atoms with Gasteiger partial charge in [-0.15, -0.1) is 0 Å². The maximum absolute atomic E-state index is 13.9. The van der Waals surface area contributed by atoms with Crippen LogP contribution in [0, 0.1) is 11.6 Å². The summed E-state index contributed by atoms with van der Waals surface area (Å²) in [5.41, 5.74) is 2.44. The molecule has 0 spiro atoms. The summed E-state index contributed by atoms with van der Waals surface area (Å²) in [7, 11) is 0. The number of carbonyl (C=O) groups is 1. The maximum atomic E-state index is 13.9. The summed E-state index contributed by atoms with van der Waals surface area (Å²) < 4.78 is 77.7. The molecule has 1 aliphatic rings. The molecule has 2 aromatic carbocycles. The predicted octanol–water partition coefficient (Wildman–Crippen LogP) is 5.56. The molecule has 36 heavy (non-hydrogen) atoms. The first-order valence-electron chi connectivity index (χ1n) is 10.2. The molecule has 2 N–H and O–H groups in total. The largest absolute Gasteiger partial charge is 0.468 e. The Balaban J connectivity index is 1.47. The Hall–Kier alpha value is -3.90. The highest BCUT2D eigenvalue weighted by Crippen LogP contribution is 2.34. The first-order valence-corrected chi connectivity index (χ1v) is 10.6. The van der Waals surface area contributed by atoms with Gasteiger partial charge in [-0.05, 0) is 36.4 Å². The highest BCUT2D eigenvalue weighted by Gasteiger charge is 2.44. The van der Waals surface area contributed by atoms with Gasteiger partial charge in [0.2, 0.25) is 11.8 Å². The average molecular weight is 527 g/mol. The molecule has 0 fully saturated rings. The second kappa shape index (κ2) is 10.4. The zero-order valence-corrected chi connectivity index (χ0v) is 18.8. The van der Waals surface area contributed by atoms with Crippen LogP contribution in [0.2, 0.25) is 5.02 Å². The van der Waals surface area contributed by atoms with Gasteiger partial charge in [-0.3, -0.25) is 4.79 Å². The number of carbonyl (C=O) groups excluding carboxylic acids is 1. The van der Waals surface area contributed by atoms with E-state index < -0.39 is 36.4 Å². The van der Waals surface area contributed by atoms with E-state index in [4.69, 9.17) is 21.1 Å². The van der Waals surface area contributed by atoms with Gasteiger partial charge in [0.15, 0.2) is 18.2 Å². The van der Waals surface area contributed by atoms with Gasteiger partial charge in [-0.25, -0.2) is 24.2 Å². The SMILES string of the molecule is O=C(COC1=CC(C(F)(F)F)NN1c1ccccc1Cl)Nc1cccnc1Oc1ccc(F)cc1F. The summed E-state index contributed by atoms with van der Waals surface area (Å²) in [6.07, 6.45) is -2.55. The second-order valence-corrected chi connectivity index (χ2v) is 7.72. The number of hydrogen-bond acceptors (Lipinski definition) is 6. The Labute approximate surface area is 206 Å². The van der Waals surface area contributed by atoms with E-state index in [1.165, 1.54) is 30.5 Å². The molecule has 188 valence electrons. The Morgan fingerprint density at radius 3 is 2.64 bits per heavy atom. The minimum Gasteiger partial charge on any atom is -0.468 e. The lowest BCUT2D eigenvalue weighted by Crippen LogP contribution is -2.45. The van der Waals surface area contributed by atoms with Crippen molar-refractivity contribution >= 4 is 28.9 Å². The molecule has 0 radical (unpaired) electrons. The van der Waals surface area contributed by atoms with Crippen LogP contribution in [0.1, 0.15) is 0 Å². The van der Waals surface area contributed by atoms with Crippen molar-refractivity contribution in [3.8, 4) is 11.6 Å². The average Bonchev–Trinajstić information content (AvgIpc) is 3.26.